The highest BCUT2D eigenvalue weighted by atomic mass is 32.2. The summed E-state index contributed by atoms with van der Waals surface area (Å²) in [4.78, 5) is 40.4. The van der Waals surface area contributed by atoms with E-state index in [1.54, 1.807) is 6.08 Å². The van der Waals surface area contributed by atoms with E-state index in [1.807, 2.05) is 42.5 Å². The van der Waals surface area contributed by atoms with Gasteiger partial charge >= 0.3 is 0 Å². The Morgan fingerprint density at radius 2 is 1.94 bits per heavy atom. The van der Waals surface area contributed by atoms with Crippen LogP contribution >= 0.6 is 35.3 Å². The van der Waals surface area contributed by atoms with Gasteiger partial charge in [0.25, 0.3) is 11.8 Å². The van der Waals surface area contributed by atoms with E-state index in [-0.39, 0.29) is 24.8 Å². The molecular weight excluding hydrogens is 474 g/mol. The number of rotatable bonds is 7. The van der Waals surface area contributed by atoms with E-state index in [9.17, 15) is 14.4 Å². The zero-order valence-electron chi connectivity index (χ0n) is 17.8. The van der Waals surface area contributed by atoms with Crippen molar-refractivity contribution in [2.45, 2.75) is 32.1 Å². The van der Waals surface area contributed by atoms with Gasteiger partial charge < -0.3 is 11.1 Å². The molecule has 33 heavy (non-hydrogen) atoms. The summed E-state index contributed by atoms with van der Waals surface area (Å²) in [5, 5.41) is 3.34. The fourth-order valence-corrected chi connectivity index (χ4v) is 6.41. The minimum Gasteiger partial charge on any atom is -0.365 e. The molecular formula is C24H23N3O3S3. The maximum Gasteiger partial charge on any atom is 0.266 e. The number of hydrogen-bond donors (Lipinski definition) is 2. The summed E-state index contributed by atoms with van der Waals surface area (Å²) in [6, 6.07) is 9.79. The second-order valence-corrected chi connectivity index (χ2v) is 10.5. The number of thioether (sulfide) groups is 1. The summed E-state index contributed by atoms with van der Waals surface area (Å²) >= 11 is 8.00. The zero-order valence-corrected chi connectivity index (χ0v) is 20.3. The van der Waals surface area contributed by atoms with Gasteiger partial charge in [0.2, 0.25) is 5.91 Å². The quantitative estimate of drug-likeness (QED) is 0.434. The first kappa shape index (κ1) is 23.4. The average Bonchev–Trinajstić information content (AvgIpc) is 3.29. The topological polar surface area (TPSA) is 92.5 Å². The van der Waals surface area contributed by atoms with E-state index in [2.05, 4.69) is 5.32 Å². The zero-order chi connectivity index (χ0) is 23.4. The molecule has 3 N–H and O–H groups in total. The molecule has 1 aliphatic carbocycles. The Morgan fingerprint density at radius 3 is 2.70 bits per heavy atom. The summed E-state index contributed by atoms with van der Waals surface area (Å²) in [6.07, 6.45) is 9.33. The Bertz CT molecular complexity index is 1170. The van der Waals surface area contributed by atoms with Gasteiger partial charge in [-0.25, -0.2) is 0 Å². The van der Waals surface area contributed by atoms with Crippen LogP contribution in [0, 0.1) is 0 Å². The summed E-state index contributed by atoms with van der Waals surface area (Å²) in [7, 11) is 0. The Labute approximate surface area is 205 Å². The Balaban J connectivity index is 1.37. The summed E-state index contributed by atoms with van der Waals surface area (Å²) in [5.74, 6) is -1.01. The van der Waals surface area contributed by atoms with E-state index < -0.39 is 5.91 Å². The van der Waals surface area contributed by atoms with Gasteiger partial charge in [-0.2, -0.15) is 0 Å². The third-order valence-electron chi connectivity index (χ3n) is 5.44. The number of carbonyl (C=O) groups is 3. The molecule has 0 spiro atoms. The van der Waals surface area contributed by atoms with Gasteiger partial charge in [-0.3, -0.25) is 19.3 Å². The number of carbonyl (C=O) groups excluding carboxylic acids is 3. The van der Waals surface area contributed by atoms with Crippen LogP contribution in [0.15, 0.2) is 47.4 Å². The number of thiocarbonyl (C=S) groups is 1. The molecule has 2 aromatic rings. The molecule has 0 unspecified atom stereocenters. The molecule has 0 bridgehead atoms. The van der Waals surface area contributed by atoms with Crippen molar-refractivity contribution < 1.29 is 14.4 Å². The fourth-order valence-electron chi connectivity index (χ4n) is 3.83. The highest BCUT2D eigenvalue weighted by molar-refractivity contribution is 8.26. The maximum absolute atomic E-state index is 12.7. The largest absolute Gasteiger partial charge is 0.365 e. The van der Waals surface area contributed by atoms with Crippen molar-refractivity contribution in [1.29, 1.82) is 0 Å². The standard InChI is InChI=1S/C24H23N3O3S3/c25-21(29)20-16-10-4-5-11-17(16)32-22(20)26-19(28)13-14-27-23(30)18(33-24(27)31)12-6-9-15-7-2-1-3-8-15/h1-3,6-9,12H,4-5,10-11,13-14H2,(H2,25,29)(H,26,28)/b9-6+,18-12+. The number of nitrogens with zero attached hydrogens (tertiary/aromatic N) is 1. The van der Waals surface area contributed by atoms with Crippen LogP contribution in [0.25, 0.3) is 6.08 Å². The number of anilines is 1. The molecule has 2 aliphatic rings. The molecule has 1 aromatic heterocycles. The van der Waals surface area contributed by atoms with Gasteiger partial charge in [-0.15, -0.1) is 11.3 Å². The molecule has 0 saturated carbocycles. The highest BCUT2D eigenvalue weighted by Crippen LogP contribution is 2.38. The first-order valence-electron chi connectivity index (χ1n) is 10.7. The number of nitrogens with two attached hydrogens (primary N) is 1. The van der Waals surface area contributed by atoms with Crippen LogP contribution in [-0.4, -0.2) is 33.5 Å². The van der Waals surface area contributed by atoms with E-state index in [0.717, 1.165) is 41.7 Å². The molecule has 1 aromatic carbocycles. The van der Waals surface area contributed by atoms with Crippen LogP contribution in [0.2, 0.25) is 0 Å². The molecule has 170 valence electrons. The summed E-state index contributed by atoms with van der Waals surface area (Å²) < 4.78 is 0.427. The molecule has 9 heteroatoms. The molecule has 6 nitrogen and oxygen atoms in total. The summed E-state index contributed by atoms with van der Waals surface area (Å²) in [5.41, 5.74) is 8.03. The van der Waals surface area contributed by atoms with Crippen molar-refractivity contribution in [3.63, 3.8) is 0 Å². The molecule has 4 rings (SSSR count). The predicted octanol–water partition coefficient (Wildman–Crippen LogP) is 4.51. The van der Waals surface area contributed by atoms with Gasteiger partial charge in [-0.1, -0.05) is 66.5 Å². The smallest absolute Gasteiger partial charge is 0.266 e. The van der Waals surface area contributed by atoms with E-state index in [1.165, 1.54) is 28.0 Å². The van der Waals surface area contributed by atoms with Gasteiger partial charge in [0.1, 0.15) is 9.32 Å². The average molecular weight is 498 g/mol. The lowest BCUT2D eigenvalue weighted by molar-refractivity contribution is -0.122. The molecule has 1 aliphatic heterocycles. The van der Waals surface area contributed by atoms with Crippen LogP contribution in [0.1, 0.15) is 45.6 Å². The lowest BCUT2D eigenvalue weighted by Crippen LogP contribution is -2.31. The number of thiophene rings is 1. The Morgan fingerprint density at radius 1 is 1.18 bits per heavy atom. The normalized spacial score (nSPS) is 17.1. The lowest BCUT2D eigenvalue weighted by atomic mass is 9.95. The van der Waals surface area contributed by atoms with E-state index in [0.29, 0.717) is 19.8 Å². The number of hydrogen-bond acceptors (Lipinski definition) is 6. The minimum absolute atomic E-state index is 0.0698. The lowest BCUT2D eigenvalue weighted by Gasteiger charge is -2.14. The first-order chi connectivity index (χ1) is 15.9. The van der Waals surface area contributed by atoms with Crippen molar-refractivity contribution in [2.24, 2.45) is 5.73 Å². The molecule has 1 saturated heterocycles. The number of amides is 3. The third-order valence-corrected chi connectivity index (χ3v) is 8.05. The Hall–Kier alpha value is -2.75. The minimum atomic E-state index is -0.518. The van der Waals surface area contributed by atoms with Gasteiger partial charge in [0, 0.05) is 17.8 Å². The van der Waals surface area contributed by atoms with Crippen molar-refractivity contribution in [1.82, 2.24) is 4.90 Å². The third kappa shape index (κ3) is 5.43. The van der Waals surface area contributed by atoms with Crippen molar-refractivity contribution in [3.05, 3.63) is 69.0 Å². The molecule has 0 atom stereocenters. The van der Waals surface area contributed by atoms with Gasteiger partial charge in [-0.05, 0) is 42.9 Å². The monoisotopic (exact) mass is 497 g/mol. The molecule has 2 heterocycles. The maximum atomic E-state index is 12.7. The number of primary amides is 1. The van der Waals surface area contributed by atoms with Crippen molar-refractivity contribution >= 4 is 68.4 Å². The second-order valence-electron chi connectivity index (χ2n) is 7.70. The van der Waals surface area contributed by atoms with Gasteiger partial charge in [0.15, 0.2) is 0 Å². The number of aryl methyl sites for hydroxylation is 1. The highest BCUT2D eigenvalue weighted by Gasteiger charge is 2.32. The SMILES string of the molecule is NC(=O)c1c(NC(=O)CCN2C(=O)/C(=C\C=C\c3ccccc3)SC2=S)sc2c1CCCC2. The van der Waals surface area contributed by atoms with Crippen LogP contribution < -0.4 is 11.1 Å². The van der Waals surface area contributed by atoms with Crippen LogP contribution in [0.5, 0.6) is 0 Å². The van der Waals surface area contributed by atoms with E-state index >= 15 is 0 Å². The number of benzene rings is 1. The van der Waals surface area contributed by atoms with Crippen molar-refractivity contribution in [3.8, 4) is 0 Å². The van der Waals surface area contributed by atoms with E-state index in [4.69, 9.17) is 18.0 Å². The fraction of sp³-hybridized carbons (Fsp3) is 0.250. The van der Waals surface area contributed by atoms with Crippen LogP contribution in [-0.2, 0) is 22.4 Å². The molecule has 1 fully saturated rings. The predicted molar refractivity (Wildman–Crippen MR) is 138 cm³/mol. The van der Waals surface area contributed by atoms with Crippen molar-refractivity contribution in [2.75, 3.05) is 11.9 Å². The molecule has 0 radical (unpaired) electrons. The second kappa shape index (κ2) is 10.5. The number of nitrogens with one attached hydrogen (secondary N) is 1. The summed E-state index contributed by atoms with van der Waals surface area (Å²) in [6.45, 7) is 0.174. The number of allylic oxidation sites excluding steroid dienone is 2. The van der Waals surface area contributed by atoms with Crippen LogP contribution in [0.3, 0.4) is 0 Å². The Kier molecular flexibility index (Phi) is 7.42. The van der Waals surface area contributed by atoms with Gasteiger partial charge in [0.05, 0.1) is 10.5 Å². The number of fused-ring (bicyclic) bond motifs is 1. The first-order valence-corrected chi connectivity index (χ1v) is 12.7. The molecule has 3 amide bonds. The van der Waals surface area contributed by atoms with Crippen LogP contribution in [0.4, 0.5) is 5.00 Å².